The molecule has 0 unspecified atom stereocenters. The summed E-state index contributed by atoms with van der Waals surface area (Å²) in [5.41, 5.74) is 3.77. The zero-order valence-corrected chi connectivity index (χ0v) is 19.1. The lowest BCUT2D eigenvalue weighted by molar-refractivity contribution is -0.157. The molecule has 2 amide bonds. The van der Waals surface area contributed by atoms with Gasteiger partial charge in [-0.05, 0) is 60.8 Å². The summed E-state index contributed by atoms with van der Waals surface area (Å²) in [5.74, 6) is -0.834. The lowest BCUT2D eigenvalue weighted by atomic mass is 9.57. The first-order valence-electron chi connectivity index (χ1n) is 12.0. The van der Waals surface area contributed by atoms with Gasteiger partial charge >= 0.3 is 12.1 Å². The van der Waals surface area contributed by atoms with E-state index in [1.807, 2.05) is 24.3 Å². The fourth-order valence-corrected chi connectivity index (χ4v) is 5.98. The Morgan fingerprint density at radius 2 is 1.44 bits per heavy atom. The van der Waals surface area contributed by atoms with Crippen LogP contribution in [-0.2, 0) is 14.3 Å². The third-order valence-electron chi connectivity index (χ3n) is 8.07. The van der Waals surface area contributed by atoms with Crippen LogP contribution in [0, 0.1) is 5.41 Å². The normalized spacial score (nSPS) is 24.7. The fraction of sp³-hybridized carbons (Fsp3) is 0.444. The number of carbonyl (C=O) groups excluding carboxylic acids is 2. The van der Waals surface area contributed by atoms with Crippen molar-refractivity contribution in [3.8, 4) is 11.1 Å². The summed E-state index contributed by atoms with van der Waals surface area (Å²) in [6.07, 6.45) is 3.56. The number of hydrogen-bond acceptors (Lipinski definition) is 4. The van der Waals surface area contributed by atoms with E-state index in [1.54, 1.807) is 0 Å². The monoisotopic (exact) mass is 462 g/mol. The maximum Gasteiger partial charge on any atom is 0.407 e. The predicted octanol–water partition coefficient (Wildman–Crippen LogP) is 4.21. The quantitative estimate of drug-likeness (QED) is 0.572. The zero-order valence-electron chi connectivity index (χ0n) is 19.1. The molecule has 7 nitrogen and oxygen atoms in total. The van der Waals surface area contributed by atoms with E-state index < -0.39 is 17.5 Å². The lowest BCUT2D eigenvalue weighted by Gasteiger charge is -2.51. The highest BCUT2D eigenvalue weighted by molar-refractivity contribution is 5.80. The average Bonchev–Trinajstić information content (AvgIpc) is 3.17. The number of ether oxygens (including phenoxy) is 1. The first-order valence-corrected chi connectivity index (χ1v) is 12.0. The number of hydrogen-bond donors (Lipinski definition) is 3. The second-order valence-electron chi connectivity index (χ2n) is 9.92. The van der Waals surface area contributed by atoms with Gasteiger partial charge < -0.3 is 20.5 Å². The van der Waals surface area contributed by atoms with Crippen molar-refractivity contribution in [1.29, 1.82) is 0 Å². The number of fused-ring (bicyclic) bond motifs is 6. The SMILES string of the molecule is O=C(CCNC(=O)OCC1c2ccccc2-c2ccccc21)NC12CCC(C(=O)O)(CC1)CC2. The van der Waals surface area contributed by atoms with Crippen LogP contribution in [-0.4, -0.2) is 41.8 Å². The van der Waals surface area contributed by atoms with Gasteiger partial charge in [0.25, 0.3) is 0 Å². The van der Waals surface area contributed by atoms with Crippen molar-refractivity contribution < 1.29 is 24.2 Å². The third-order valence-corrected chi connectivity index (χ3v) is 8.07. The summed E-state index contributed by atoms with van der Waals surface area (Å²) in [4.78, 5) is 36.4. The Morgan fingerprint density at radius 3 is 2.00 bits per heavy atom. The van der Waals surface area contributed by atoms with Gasteiger partial charge in [-0.2, -0.15) is 0 Å². The van der Waals surface area contributed by atoms with Gasteiger partial charge in [-0.15, -0.1) is 0 Å². The van der Waals surface area contributed by atoms with Crippen LogP contribution in [0.4, 0.5) is 4.79 Å². The van der Waals surface area contributed by atoms with Gasteiger partial charge in [-0.1, -0.05) is 48.5 Å². The highest BCUT2D eigenvalue weighted by Gasteiger charge is 2.53. The number of alkyl carbamates (subject to hydrolysis) is 1. The molecule has 0 saturated heterocycles. The molecule has 2 aromatic rings. The molecule has 6 rings (SSSR count). The first-order chi connectivity index (χ1) is 16.4. The summed E-state index contributed by atoms with van der Waals surface area (Å²) >= 11 is 0. The molecule has 0 radical (unpaired) electrons. The highest BCUT2D eigenvalue weighted by Crippen LogP contribution is 2.52. The van der Waals surface area contributed by atoms with Crippen molar-refractivity contribution in [3.05, 3.63) is 59.7 Å². The van der Waals surface area contributed by atoms with Crippen molar-refractivity contribution in [1.82, 2.24) is 10.6 Å². The second-order valence-corrected chi connectivity index (χ2v) is 9.92. The molecular formula is C27H30N2O5. The molecule has 7 heteroatoms. The fourth-order valence-electron chi connectivity index (χ4n) is 5.98. The molecule has 0 aromatic heterocycles. The van der Waals surface area contributed by atoms with Gasteiger partial charge in [-0.3, -0.25) is 9.59 Å². The van der Waals surface area contributed by atoms with Crippen molar-refractivity contribution in [2.75, 3.05) is 13.2 Å². The number of rotatable bonds is 7. The minimum atomic E-state index is -0.709. The van der Waals surface area contributed by atoms with Gasteiger partial charge in [0.05, 0.1) is 5.41 Å². The first kappa shape index (κ1) is 22.4. The van der Waals surface area contributed by atoms with Crippen molar-refractivity contribution in [2.45, 2.75) is 56.4 Å². The molecule has 0 heterocycles. The molecular weight excluding hydrogens is 432 g/mol. The second kappa shape index (κ2) is 8.78. The number of carbonyl (C=O) groups is 3. The Kier molecular flexibility index (Phi) is 5.80. The number of amides is 2. The van der Waals surface area contributed by atoms with Crippen LogP contribution in [0.3, 0.4) is 0 Å². The maximum absolute atomic E-state index is 12.5. The van der Waals surface area contributed by atoms with E-state index in [0.717, 1.165) is 11.1 Å². The lowest BCUT2D eigenvalue weighted by Crippen LogP contribution is -2.58. The summed E-state index contributed by atoms with van der Waals surface area (Å²) < 4.78 is 5.51. The van der Waals surface area contributed by atoms with Crippen LogP contribution in [0.15, 0.2) is 48.5 Å². The molecule has 0 atom stereocenters. The van der Waals surface area contributed by atoms with E-state index in [2.05, 4.69) is 34.9 Å². The molecule has 34 heavy (non-hydrogen) atoms. The molecule has 3 fully saturated rings. The minimum absolute atomic E-state index is 0.00364. The molecule has 178 valence electrons. The van der Waals surface area contributed by atoms with Crippen molar-refractivity contribution in [2.24, 2.45) is 5.41 Å². The van der Waals surface area contributed by atoms with E-state index in [1.165, 1.54) is 11.1 Å². The summed E-state index contributed by atoms with van der Waals surface area (Å²) in [7, 11) is 0. The Hall–Kier alpha value is -3.35. The zero-order chi connectivity index (χ0) is 23.8. The summed E-state index contributed by atoms with van der Waals surface area (Å²) in [6, 6.07) is 16.3. The number of benzene rings is 2. The van der Waals surface area contributed by atoms with Crippen LogP contribution in [0.5, 0.6) is 0 Å². The molecule has 3 N–H and O–H groups in total. The number of carboxylic acid groups (broad SMARTS) is 1. The Bertz CT molecular complexity index is 1060. The number of aliphatic carboxylic acids is 1. The molecule has 2 bridgehead atoms. The molecule has 0 aliphatic heterocycles. The Balaban J connectivity index is 1.08. The van der Waals surface area contributed by atoms with Crippen LogP contribution in [0.2, 0.25) is 0 Å². The third kappa shape index (κ3) is 4.04. The van der Waals surface area contributed by atoms with E-state index in [4.69, 9.17) is 4.74 Å². The van der Waals surface area contributed by atoms with Gasteiger partial charge in [0.1, 0.15) is 6.61 Å². The van der Waals surface area contributed by atoms with Crippen LogP contribution < -0.4 is 10.6 Å². The molecule has 4 aliphatic rings. The van der Waals surface area contributed by atoms with Crippen molar-refractivity contribution >= 4 is 18.0 Å². The van der Waals surface area contributed by atoms with Crippen molar-refractivity contribution in [3.63, 3.8) is 0 Å². The van der Waals surface area contributed by atoms with E-state index in [9.17, 15) is 19.5 Å². The molecule has 0 spiro atoms. The van der Waals surface area contributed by atoms with Gasteiger partial charge in [-0.25, -0.2) is 4.79 Å². The Morgan fingerprint density at radius 1 is 0.882 bits per heavy atom. The smallest absolute Gasteiger partial charge is 0.407 e. The number of nitrogens with one attached hydrogen (secondary N) is 2. The van der Waals surface area contributed by atoms with Crippen LogP contribution in [0.1, 0.15) is 62.0 Å². The predicted molar refractivity (Wildman–Crippen MR) is 126 cm³/mol. The van der Waals surface area contributed by atoms with Gasteiger partial charge in [0.15, 0.2) is 0 Å². The van der Waals surface area contributed by atoms with E-state index >= 15 is 0 Å². The number of carboxylic acids is 1. The van der Waals surface area contributed by atoms with Gasteiger partial charge in [0.2, 0.25) is 5.91 Å². The van der Waals surface area contributed by atoms with E-state index in [0.29, 0.717) is 38.5 Å². The molecule has 2 aromatic carbocycles. The maximum atomic E-state index is 12.5. The highest BCUT2D eigenvalue weighted by atomic mass is 16.5. The topological polar surface area (TPSA) is 105 Å². The summed E-state index contributed by atoms with van der Waals surface area (Å²) in [5, 5.41) is 15.3. The van der Waals surface area contributed by atoms with Gasteiger partial charge in [0, 0.05) is 24.4 Å². The average molecular weight is 463 g/mol. The van der Waals surface area contributed by atoms with Crippen LogP contribution in [0.25, 0.3) is 11.1 Å². The standard InChI is InChI=1S/C27H30N2O5/c30-23(29-27-13-10-26(11-14-27,12-15-27)24(31)32)9-16-28-25(33)34-17-22-20-7-3-1-5-18(20)19-6-2-4-8-21(19)22/h1-8,22H,9-17H2,(H,28,33)(H,29,30)(H,31,32). The molecule has 4 aliphatic carbocycles. The Labute approximate surface area is 198 Å². The van der Waals surface area contributed by atoms with Crippen LogP contribution >= 0.6 is 0 Å². The van der Waals surface area contributed by atoms with E-state index in [-0.39, 0.29) is 36.9 Å². The summed E-state index contributed by atoms with van der Waals surface area (Å²) in [6.45, 7) is 0.429. The minimum Gasteiger partial charge on any atom is -0.481 e. The molecule has 3 saturated carbocycles. The largest absolute Gasteiger partial charge is 0.481 e.